The average molecular weight is 525 g/mol. The SMILES string of the molecule is O=C1c2cc3[nH]c(-c4c(NC[C@@H](O)c5cccc(Cl)c5)cc[nH]c4=O)[nH+]c3cc2C(=O)N1CC(O)CO. The molecule has 0 bridgehead atoms. The molecule has 2 aromatic carbocycles. The summed E-state index contributed by atoms with van der Waals surface area (Å²) < 4.78 is 0. The van der Waals surface area contributed by atoms with Crippen molar-refractivity contribution < 1.29 is 29.9 Å². The van der Waals surface area contributed by atoms with Crippen LogP contribution >= 0.6 is 11.6 Å². The van der Waals surface area contributed by atoms with Gasteiger partial charge in [0.05, 0.1) is 42.2 Å². The van der Waals surface area contributed by atoms with Crippen LogP contribution in [0.4, 0.5) is 5.69 Å². The molecule has 0 radical (unpaired) electrons. The third kappa shape index (κ3) is 4.60. The van der Waals surface area contributed by atoms with Gasteiger partial charge in [-0.15, -0.1) is 0 Å². The van der Waals surface area contributed by atoms with Crippen molar-refractivity contribution in [2.24, 2.45) is 0 Å². The molecule has 2 amide bonds. The Morgan fingerprint density at radius 2 is 1.81 bits per heavy atom. The molecule has 12 heteroatoms. The van der Waals surface area contributed by atoms with Crippen molar-refractivity contribution >= 4 is 40.1 Å². The fourth-order valence-corrected chi connectivity index (χ4v) is 4.51. The molecule has 0 aliphatic carbocycles. The number of carbonyl (C=O) groups is 2. The van der Waals surface area contributed by atoms with Crippen LogP contribution in [0.1, 0.15) is 32.4 Å². The molecule has 5 rings (SSSR count). The van der Waals surface area contributed by atoms with Crippen LogP contribution in [0.25, 0.3) is 22.4 Å². The summed E-state index contributed by atoms with van der Waals surface area (Å²) in [6, 6.07) is 11.5. The van der Waals surface area contributed by atoms with Gasteiger partial charge in [0.25, 0.3) is 23.2 Å². The van der Waals surface area contributed by atoms with Crippen molar-refractivity contribution in [3.63, 3.8) is 0 Å². The summed E-state index contributed by atoms with van der Waals surface area (Å²) in [6.07, 6.45) is -0.646. The maximum absolute atomic E-state index is 12.8. The zero-order valence-electron chi connectivity index (χ0n) is 19.3. The van der Waals surface area contributed by atoms with E-state index in [0.717, 1.165) is 4.90 Å². The van der Waals surface area contributed by atoms with E-state index in [1.165, 1.54) is 18.3 Å². The molecule has 7 N–H and O–H groups in total. The highest BCUT2D eigenvalue weighted by atomic mass is 35.5. The number of amides is 2. The van der Waals surface area contributed by atoms with Crippen molar-refractivity contribution in [1.82, 2.24) is 14.9 Å². The van der Waals surface area contributed by atoms with E-state index < -0.39 is 36.2 Å². The molecule has 37 heavy (non-hydrogen) atoms. The molecule has 0 fully saturated rings. The molecule has 4 aromatic rings. The number of H-pyrrole nitrogens is 3. The van der Waals surface area contributed by atoms with Gasteiger partial charge in [0.1, 0.15) is 0 Å². The Labute approximate surface area is 214 Å². The minimum absolute atomic E-state index is 0.101. The molecule has 3 heterocycles. The maximum atomic E-state index is 12.8. The monoisotopic (exact) mass is 524 g/mol. The molecule has 2 atom stereocenters. The van der Waals surface area contributed by atoms with E-state index in [1.807, 2.05) is 0 Å². The molecular formula is C25H23ClN5O6+. The first-order chi connectivity index (χ1) is 17.8. The highest BCUT2D eigenvalue weighted by Crippen LogP contribution is 2.29. The first-order valence-corrected chi connectivity index (χ1v) is 11.8. The van der Waals surface area contributed by atoms with Crippen LogP contribution in [0.5, 0.6) is 0 Å². The second-order valence-electron chi connectivity index (χ2n) is 8.67. The largest absolute Gasteiger partial charge is 0.394 e. The molecule has 190 valence electrons. The van der Waals surface area contributed by atoms with Gasteiger partial charge in [0, 0.05) is 29.9 Å². The normalized spacial score (nSPS) is 14.8. The summed E-state index contributed by atoms with van der Waals surface area (Å²) in [7, 11) is 0. The number of pyridine rings is 1. The fraction of sp³-hybridized carbons (Fsp3) is 0.200. The minimum atomic E-state index is -1.24. The number of hydrogen-bond acceptors (Lipinski definition) is 7. The van der Waals surface area contributed by atoms with E-state index in [1.54, 1.807) is 30.3 Å². The lowest BCUT2D eigenvalue weighted by atomic mass is 10.1. The summed E-state index contributed by atoms with van der Waals surface area (Å²) in [6.45, 7) is -0.797. The second-order valence-corrected chi connectivity index (χ2v) is 9.11. The zero-order valence-corrected chi connectivity index (χ0v) is 20.0. The number of rotatable bonds is 8. The topological polar surface area (TPSA) is 173 Å². The second kappa shape index (κ2) is 9.79. The van der Waals surface area contributed by atoms with E-state index in [0.29, 0.717) is 33.1 Å². The van der Waals surface area contributed by atoms with Crippen LogP contribution in [0.2, 0.25) is 5.02 Å². The average Bonchev–Trinajstić information content (AvgIpc) is 3.39. The quantitative estimate of drug-likeness (QED) is 0.187. The van der Waals surface area contributed by atoms with Crippen molar-refractivity contribution in [3.05, 3.63) is 80.7 Å². The Bertz CT molecular complexity index is 1530. The Kier molecular flexibility index (Phi) is 6.52. The molecular weight excluding hydrogens is 502 g/mol. The molecule has 2 aromatic heterocycles. The third-order valence-electron chi connectivity index (χ3n) is 6.16. The fourth-order valence-electron chi connectivity index (χ4n) is 4.32. The summed E-state index contributed by atoms with van der Waals surface area (Å²) in [5.74, 6) is -0.839. The molecule has 1 aliphatic heterocycles. The van der Waals surface area contributed by atoms with E-state index in [9.17, 15) is 24.6 Å². The number of nitrogens with one attached hydrogen (secondary N) is 4. The number of aromatic amines is 3. The molecule has 0 spiro atoms. The van der Waals surface area contributed by atoms with E-state index in [-0.39, 0.29) is 29.8 Å². The first kappa shape index (κ1) is 24.7. The van der Waals surface area contributed by atoms with Gasteiger partial charge in [-0.25, -0.2) is 9.97 Å². The molecule has 0 saturated carbocycles. The number of hydrogen-bond donors (Lipinski definition) is 6. The van der Waals surface area contributed by atoms with Gasteiger partial charge in [0.2, 0.25) is 0 Å². The Hall–Kier alpha value is -4.03. The lowest BCUT2D eigenvalue weighted by Gasteiger charge is -2.16. The number of fused-ring (bicyclic) bond motifs is 2. The molecule has 11 nitrogen and oxygen atoms in total. The number of nitrogens with zero attached hydrogens (tertiary/aromatic N) is 1. The maximum Gasteiger partial charge on any atom is 0.293 e. The Morgan fingerprint density at radius 1 is 1.05 bits per heavy atom. The summed E-state index contributed by atoms with van der Waals surface area (Å²) in [5.41, 5.74) is 2.14. The standard InChI is InChI=1S/C25H22ClN5O6/c26-13-3-1-2-12(6-13)20(34)9-28-17-4-5-27-23(35)21(17)22-29-18-7-15-16(8-19(18)30-22)25(37)31(24(15)36)10-14(33)11-32/h1-8,14,20,32-34H,9-11H2,(H,29,30)(H2,27,28,35)/p+1/t14?,20-/m1/s1. The number of imidazole rings is 1. The summed E-state index contributed by atoms with van der Waals surface area (Å²) >= 11 is 6.01. The van der Waals surface area contributed by atoms with Gasteiger partial charge in [-0.3, -0.25) is 19.3 Å². The number of anilines is 1. The van der Waals surface area contributed by atoms with Crippen LogP contribution in [-0.4, -0.2) is 67.8 Å². The van der Waals surface area contributed by atoms with Crippen LogP contribution in [-0.2, 0) is 0 Å². The van der Waals surface area contributed by atoms with Gasteiger partial charge >= 0.3 is 0 Å². The number of benzene rings is 2. The lowest BCUT2D eigenvalue weighted by molar-refractivity contribution is -0.330. The molecule has 1 aliphatic rings. The lowest BCUT2D eigenvalue weighted by Crippen LogP contribution is -2.38. The van der Waals surface area contributed by atoms with Crippen LogP contribution in [0.15, 0.2) is 53.5 Å². The third-order valence-corrected chi connectivity index (χ3v) is 6.40. The number of aromatic nitrogens is 3. The van der Waals surface area contributed by atoms with Gasteiger partial charge < -0.3 is 25.6 Å². The Balaban J connectivity index is 1.45. The number of aliphatic hydroxyl groups is 3. The van der Waals surface area contributed by atoms with Crippen molar-refractivity contribution in [3.8, 4) is 11.4 Å². The van der Waals surface area contributed by atoms with Gasteiger partial charge in [0.15, 0.2) is 16.6 Å². The van der Waals surface area contributed by atoms with Crippen molar-refractivity contribution in [1.29, 1.82) is 0 Å². The minimum Gasteiger partial charge on any atom is -0.394 e. The van der Waals surface area contributed by atoms with Crippen molar-refractivity contribution in [2.75, 3.05) is 25.0 Å². The summed E-state index contributed by atoms with van der Waals surface area (Å²) in [5, 5.41) is 32.9. The highest BCUT2D eigenvalue weighted by Gasteiger charge is 2.38. The van der Waals surface area contributed by atoms with Gasteiger partial charge in [-0.1, -0.05) is 23.7 Å². The predicted octanol–water partition coefficient (Wildman–Crippen LogP) is 1.09. The number of aliphatic hydroxyl groups excluding tert-OH is 3. The van der Waals surface area contributed by atoms with E-state index in [4.69, 9.17) is 16.7 Å². The van der Waals surface area contributed by atoms with Crippen LogP contribution < -0.4 is 15.9 Å². The first-order valence-electron chi connectivity index (χ1n) is 11.4. The van der Waals surface area contributed by atoms with Crippen molar-refractivity contribution in [2.45, 2.75) is 12.2 Å². The molecule has 1 unspecified atom stereocenters. The van der Waals surface area contributed by atoms with Crippen LogP contribution in [0.3, 0.4) is 0 Å². The Morgan fingerprint density at radius 3 is 2.54 bits per heavy atom. The number of β-amino-alcohol motifs (C(OH)–C–C–N with tert-alkyl or cyclic N) is 1. The smallest absolute Gasteiger partial charge is 0.293 e. The number of halogens is 1. The van der Waals surface area contributed by atoms with E-state index in [2.05, 4.69) is 20.3 Å². The number of imide groups is 1. The van der Waals surface area contributed by atoms with Crippen LogP contribution in [0, 0.1) is 0 Å². The number of carbonyl (C=O) groups excluding carboxylic acids is 2. The van der Waals surface area contributed by atoms with E-state index >= 15 is 0 Å². The molecule has 0 saturated heterocycles. The predicted molar refractivity (Wildman–Crippen MR) is 134 cm³/mol. The zero-order chi connectivity index (χ0) is 26.3. The highest BCUT2D eigenvalue weighted by molar-refractivity contribution is 6.30. The van der Waals surface area contributed by atoms with Gasteiger partial charge in [-0.2, -0.15) is 0 Å². The summed E-state index contributed by atoms with van der Waals surface area (Å²) in [4.78, 5) is 48.0. The van der Waals surface area contributed by atoms with Gasteiger partial charge in [-0.05, 0) is 23.8 Å².